The van der Waals surface area contributed by atoms with Crippen LogP contribution in [0.3, 0.4) is 0 Å². The number of nitrogens with zero attached hydrogens (tertiary/aromatic N) is 3. The molecule has 14 heteroatoms. The fourth-order valence-electron chi connectivity index (χ4n) is 5.56. The van der Waals surface area contributed by atoms with Crippen molar-refractivity contribution >= 4 is 22.4 Å². The van der Waals surface area contributed by atoms with Gasteiger partial charge in [0.25, 0.3) is 0 Å². The number of aliphatic hydroxyl groups is 1. The predicted octanol–water partition coefficient (Wildman–Crippen LogP) is 5.76. The number of ether oxygens (including phenoxy) is 2. The van der Waals surface area contributed by atoms with Crippen molar-refractivity contribution in [2.45, 2.75) is 84.2 Å². The molecular formula is C30H37F5N6O3. The van der Waals surface area contributed by atoms with Crippen LogP contribution in [0.1, 0.15) is 64.5 Å². The molecule has 0 spiro atoms. The highest BCUT2D eigenvalue weighted by Crippen LogP contribution is 2.54. The molecule has 0 amide bonds. The van der Waals surface area contributed by atoms with E-state index < -0.39 is 68.5 Å². The number of nitrogen functional groups attached to an aromatic ring is 1. The van der Waals surface area contributed by atoms with Gasteiger partial charge in [-0.25, -0.2) is 13.8 Å². The minimum absolute atomic E-state index is 0.0136. The predicted molar refractivity (Wildman–Crippen MR) is 156 cm³/mol. The zero-order chi connectivity index (χ0) is 32.2. The molecule has 2 aliphatic rings. The maximum Gasteiger partial charge on any atom is 0.417 e. The van der Waals surface area contributed by atoms with Gasteiger partial charge in [-0.2, -0.15) is 23.1 Å². The van der Waals surface area contributed by atoms with E-state index in [4.69, 9.17) is 15.2 Å². The lowest BCUT2D eigenvalue weighted by Crippen LogP contribution is -2.37. The highest BCUT2D eigenvalue weighted by atomic mass is 19.4. The van der Waals surface area contributed by atoms with E-state index in [1.807, 2.05) is 6.92 Å². The molecule has 3 aromatic rings. The van der Waals surface area contributed by atoms with Crippen LogP contribution in [0.2, 0.25) is 0 Å². The van der Waals surface area contributed by atoms with E-state index in [9.17, 15) is 22.7 Å². The number of hydrogen-bond donors (Lipinski definition) is 4. The number of benzene rings is 1. The molecule has 240 valence electrons. The van der Waals surface area contributed by atoms with E-state index in [-0.39, 0.29) is 35.7 Å². The van der Waals surface area contributed by atoms with Crippen molar-refractivity contribution in [3.8, 4) is 23.1 Å². The summed E-state index contributed by atoms with van der Waals surface area (Å²) in [6, 6.07) is 0.490. The summed E-state index contributed by atoms with van der Waals surface area (Å²) < 4.78 is 86.1. The summed E-state index contributed by atoms with van der Waals surface area (Å²) in [6.45, 7) is 9.02. The second-order valence-electron chi connectivity index (χ2n) is 12.3. The molecule has 5 rings (SSSR count). The Morgan fingerprint density at radius 1 is 1.16 bits per heavy atom. The Labute approximate surface area is 251 Å². The van der Waals surface area contributed by atoms with Crippen molar-refractivity contribution < 1.29 is 36.5 Å². The molecule has 1 aromatic carbocycles. The molecule has 5 N–H and O–H groups in total. The van der Waals surface area contributed by atoms with Gasteiger partial charge in [-0.1, -0.05) is 6.92 Å². The molecule has 1 aliphatic heterocycles. The van der Waals surface area contributed by atoms with Gasteiger partial charge in [-0.05, 0) is 71.6 Å². The van der Waals surface area contributed by atoms with Gasteiger partial charge in [0.15, 0.2) is 5.82 Å². The van der Waals surface area contributed by atoms with Crippen molar-refractivity contribution in [2.75, 3.05) is 30.7 Å². The minimum Gasteiger partial charge on any atom is -0.474 e. The van der Waals surface area contributed by atoms with Crippen LogP contribution < -0.4 is 25.8 Å². The smallest absolute Gasteiger partial charge is 0.417 e. The molecule has 1 unspecified atom stereocenters. The maximum atomic E-state index is 16.6. The summed E-state index contributed by atoms with van der Waals surface area (Å²) in [6.07, 6.45) is -2.88. The van der Waals surface area contributed by atoms with Crippen molar-refractivity contribution in [1.82, 2.24) is 20.3 Å². The monoisotopic (exact) mass is 624 g/mol. The first-order valence-corrected chi connectivity index (χ1v) is 14.6. The third-order valence-electron chi connectivity index (χ3n) is 8.73. The van der Waals surface area contributed by atoms with Crippen LogP contribution in [0.5, 0.6) is 11.9 Å². The standard InChI is InChI=1S/C30H37F5N6O3/c1-6-16-12-38-25-19-24(40-27(41-25)43-13-29(8-9-29)28(4,5)42)22(32)23(39-26(19)44-14(2)7-10-37-16)17-11-18(36)21(31)15(3)20(17)30(33,34)35/h11,14,16,37,42H,6-10,12-13,36H2,1-5H3,(H,38,40,41)/t14-,16?/m0/s1. The Kier molecular flexibility index (Phi) is 8.29. The molecule has 2 aromatic heterocycles. The quantitative estimate of drug-likeness (QED) is 0.200. The van der Waals surface area contributed by atoms with Gasteiger partial charge in [0.2, 0.25) is 5.88 Å². The van der Waals surface area contributed by atoms with Gasteiger partial charge in [0, 0.05) is 23.6 Å². The molecule has 9 nitrogen and oxygen atoms in total. The number of nitrogens with one attached hydrogen (secondary N) is 2. The van der Waals surface area contributed by atoms with Crippen molar-refractivity contribution in [2.24, 2.45) is 5.41 Å². The fourth-order valence-corrected chi connectivity index (χ4v) is 5.56. The fraction of sp³-hybridized carbons (Fsp3) is 0.567. The van der Waals surface area contributed by atoms with Crippen LogP contribution >= 0.6 is 0 Å². The first kappa shape index (κ1) is 31.9. The average Bonchev–Trinajstić information content (AvgIpc) is 3.74. The zero-order valence-corrected chi connectivity index (χ0v) is 25.3. The van der Waals surface area contributed by atoms with Gasteiger partial charge in [0.1, 0.15) is 28.2 Å². The number of hydrogen-bond acceptors (Lipinski definition) is 9. The molecule has 0 saturated heterocycles. The molecule has 1 saturated carbocycles. The summed E-state index contributed by atoms with van der Waals surface area (Å²) in [5, 5.41) is 17.3. The minimum atomic E-state index is -5.06. The first-order valence-electron chi connectivity index (χ1n) is 14.6. The normalized spacial score (nSPS) is 20.4. The summed E-state index contributed by atoms with van der Waals surface area (Å²) in [5.74, 6) is -2.55. The van der Waals surface area contributed by atoms with Crippen LogP contribution in [0.15, 0.2) is 6.07 Å². The number of alkyl halides is 3. The maximum absolute atomic E-state index is 16.6. The van der Waals surface area contributed by atoms with E-state index in [1.165, 1.54) is 0 Å². The van der Waals surface area contributed by atoms with Crippen LogP contribution in [0.25, 0.3) is 22.2 Å². The van der Waals surface area contributed by atoms with Crippen LogP contribution in [-0.4, -0.2) is 57.5 Å². The SMILES string of the molecule is CCC1CNc2nc(OCC3(C(C)(C)O)CC3)nc3c(F)c(-c4cc(N)c(F)c(C)c4C(F)(F)F)nc(c23)O[C@@H](C)CCN1. The lowest BCUT2D eigenvalue weighted by Gasteiger charge is -2.28. The molecule has 2 atom stereocenters. The van der Waals surface area contributed by atoms with Gasteiger partial charge < -0.3 is 30.9 Å². The highest BCUT2D eigenvalue weighted by molar-refractivity contribution is 5.96. The number of rotatable bonds is 6. The van der Waals surface area contributed by atoms with Gasteiger partial charge in [0.05, 0.1) is 29.6 Å². The molecule has 3 heterocycles. The zero-order valence-electron chi connectivity index (χ0n) is 25.3. The molecule has 1 aliphatic carbocycles. The topological polar surface area (TPSA) is 127 Å². The highest BCUT2D eigenvalue weighted by Gasteiger charge is 2.54. The van der Waals surface area contributed by atoms with Crippen molar-refractivity contribution in [3.05, 3.63) is 28.8 Å². The van der Waals surface area contributed by atoms with E-state index >= 15 is 4.39 Å². The summed E-state index contributed by atoms with van der Waals surface area (Å²) in [5.41, 5.74) is -0.587. The van der Waals surface area contributed by atoms with Gasteiger partial charge in [-0.3, -0.25) is 0 Å². The summed E-state index contributed by atoms with van der Waals surface area (Å²) in [7, 11) is 0. The van der Waals surface area contributed by atoms with E-state index in [0.717, 1.165) is 19.4 Å². The molecule has 44 heavy (non-hydrogen) atoms. The molecular weight excluding hydrogens is 587 g/mol. The molecule has 0 radical (unpaired) electrons. The molecule has 0 bridgehead atoms. The largest absolute Gasteiger partial charge is 0.474 e. The van der Waals surface area contributed by atoms with Crippen LogP contribution in [0.4, 0.5) is 33.5 Å². The lowest BCUT2D eigenvalue weighted by atomic mass is 9.88. The number of anilines is 2. The van der Waals surface area contributed by atoms with Gasteiger partial charge in [-0.15, -0.1) is 0 Å². The third-order valence-corrected chi connectivity index (χ3v) is 8.73. The van der Waals surface area contributed by atoms with E-state index in [0.29, 0.717) is 32.4 Å². The number of halogens is 5. The second-order valence-corrected chi connectivity index (χ2v) is 12.3. The number of nitrogens with two attached hydrogens (primary N) is 1. The van der Waals surface area contributed by atoms with E-state index in [2.05, 4.69) is 25.6 Å². The Bertz CT molecular complexity index is 1570. The molecule has 1 fully saturated rings. The number of pyridine rings is 1. The van der Waals surface area contributed by atoms with Crippen molar-refractivity contribution in [3.63, 3.8) is 0 Å². The lowest BCUT2D eigenvalue weighted by molar-refractivity contribution is -0.137. The van der Waals surface area contributed by atoms with Gasteiger partial charge >= 0.3 is 12.2 Å². The van der Waals surface area contributed by atoms with Crippen LogP contribution in [-0.2, 0) is 6.18 Å². The van der Waals surface area contributed by atoms with E-state index in [1.54, 1.807) is 20.8 Å². The van der Waals surface area contributed by atoms with Crippen molar-refractivity contribution in [1.29, 1.82) is 0 Å². The number of aromatic nitrogens is 3. The third kappa shape index (κ3) is 5.93. The summed E-state index contributed by atoms with van der Waals surface area (Å²) in [4.78, 5) is 13.0. The summed E-state index contributed by atoms with van der Waals surface area (Å²) >= 11 is 0. The Hall–Kier alpha value is -3.52. The first-order chi connectivity index (χ1) is 20.6. The Morgan fingerprint density at radius 2 is 1.86 bits per heavy atom. The average molecular weight is 625 g/mol. The Balaban J connectivity index is 1.76. The second kappa shape index (κ2) is 11.4. The van der Waals surface area contributed by atoms with Crippen LogP contribution in [0, 0.1) is 24.0 Å². The Morgan fingerprint density at radius 3 is 2.48 bits per heavy atom.